The zero-order chi connectivity index (χ0) is 10.3. The Balaban J connectivity index is 3.80. The highest BCUT2D eigenvalue weighted by atomic mass is 16.5. The monoisotopic (exact) mass is 186 g/mol. The van der Waals surface area contributed by atoms with Gasteiger partial charge in [0.05, 0.1) is 12.5 Å². The molecular weight excluding hydrogens is 164 g/mol. The van der Waals surface area contributed by atoms with Gasteiger partial charge in [-0.15, -0.1) is 0 Å². The van der Waals surface area contributed by atoms with E-state index in [0.717, 1.165) is 19.3 Å². The molecule has 0 heterocycles. The third-order valence-corrected chi connectivity index (χ3v) is 2.21. The molecule has 0 saturated heterocycles. The van der Waals surface area contributed by atoms with Crippen molar-refractivity contribution >= 4 is 5.97 Å². The van der Waals surface area contributed by atoms with Crippen molar-refractivity contribution in [3.8, 4) is 0 Å². The second-order valence-corrected chi connectivity index (χ2v) is 3.83. The SMILES string of the molecule is CCOC(=O)C(CC)CCC(C)C. The minimum atomic E-state index is -0.0225. The van der Waals surface area contributed by atoms with Gasteiger partial charge in [-0.1, -0.05) is 27.2 Å². The summed E-state index contributed by atoms with van der Waals surface area (Å²) in [6.07, 6.45) is 2.97. The Morgan fingerprint density at radius 1 is 1.23 bits per heavy atom. The molecule has 0 rings (SSSR count). The molecule has 2 heteroatoms. The van der Waals surface area contributed by atoms with E-state index in [-0.39, 0.29) is 11.9 Å². The van der Waals surface area contributed by atoms with Crippen molar-refractivity contribution in [3.63, 3.8) is 0 Å². The van der Waals surface area contributed by atoms with Crippen LogP contribution in [0.5, 0.6) is 0 Å². The number of carbonyl (C=O) groups excluding carboxylic acids is 1. The molecule has 0 aromatic rings. The van der Waals surface area contributed by atoms with Gasteiger partial charge in [0.1, 0.15) is 0 Å². The Bertz CT molecular complexity index is 141. The van der Waals surface area contributed by atoms with Crippen molar-refractivity contribution in [1.82, 2.24) is 0 Å². The summed E-state index contributed by atoms with van der Waals surface area (Å²) < 4.78 is 4.99. The van der Waals surface area contributed by atoms with Crippen LogP contribution in [0.15, 0.2) is 0 Å². The van der Waals surface area contributed by atoms with Crippen molar-refractivity contribution in [2.24, 2.45) is 11.8 Å². The van der Waals surface area contributed by atoms with Crippen LogP contribution in [-0.2, 0) is 9.53 Å². The van der Waals surface area contributed by atoms with Crippen LogP contribution in [0, 0.1) is 11.8 Å². The molecule has 1 atom stereocenters. The van der Waals surface area contributed by atoms with Crippen molar-refractivity contribution < 1.29 is 9.53 Å². The molecular formula is C11H22O2. The zero-order valence-corrected chi connectivity index (χ0v) is 9.30. The lowest BCUT2D eigenvalue weighted by molar-refractivity contribution is -0.148. The summed E-state index contributed by atoms with van der Waals surface area (Å²) in [7, 11) is 0. The molecule has 2 nitrogen and oxygen atoms in total. The van der Waals surface area contributed by atoms with E-state index in [9.17, 15) is 4.79 Å². The smallest absolute Gasteiger partial charge is 0.308 e. The van der Waals surface area contributed by atoms with Gasteiger partial charge in [0.2, 0.25) is 0 Å². The first-order valence-corrected chi connectivity index (χ1v) is 5.28. The van der Waals surface area contributed by atoms with Crippen LogP contribution in [0.25, 0.3) is 0 Å². The van der Waals surface area contributed by atoms with Gasteiger partial charge in [-0.3, -0.25) is 4.79 Å². The molecule has 13 heavy (non-hydrogen) atoms. The van der Waals surface area contributed by atoms with Crippen molar-refractivity contribution in [3.05, 3.63) is 0 Å². The third kappa shape index (κ3) is 5.67. The highest BCUT2D eigenvalue weighted by molar-refractivity contribution is 5.72. The molecule has 0 aliphatic heterocycles. The highest BCUT2D eigenvalue weighted by Crippen LogP contribution is 2.16. The van der Waals surface area contributed by atoms with Crippen LogP contribution < -0.4 is 0 Å². The first-order chi connectivity index (χ1) is 6.11. The molecule has 0 amide bonds. The van der Waals surface area contributed by atoms with Crippen molar-refractivity contribution in [2.45, 2.75) is 47.0 Å². The van der Waals surface area contributed by atoms with E-state index in [4.69, 9.17) is 4.74 Å². The molecule has 0 bridgehead atoms. The maximum absolute atomic E-state index is 11.4. The Hall–Kier alpha value is -0.530. The Morgan fingerprint density at radius 2 is 1.85 bits per heavy atom. The van der Waals surface area contributed by atoms with Crippen LogP contribution in [-0.4, -0.2) is 12.6 Å². The summed E-state index contributed by atoms with van der Waals surface area (Å²) in [5.74, 6) is 0.761. The number of carbonyl (C=O) groups is 1. The minimum absolute atomic E-state index is 0.0225. The van der Waals surface area contributed by atoms with Gasteiger partial charge in [-0.05, 0) is 25.7 Å². The fourth-order valence-corrected chi connectivity index (χ4v) is 1.28. The van der Waals surface area contributed by atoms with E-state index < -0.39 is 0 Å². The molecule has 0 spiro atoms. The molecule has 0 aromatic heterocycles. The number of hydrogen-bond donors (Lipinski definition) is 0. The molecule has 0 aliphatic rings. The second-order valence-electron chi connectivity index (χ2n) is 3.83. The fourth-order valence-electron chi connectivity index (χ4n) is 1.28. The van der Waals surface area contributed by atoms with Gasteiger partial charge >= 0.3 is 5.97 Å². The summed E-state index contributed by atoms with van der Waals surface area (Å²) in [6.45, 7) is 8.75. The third-order valence-electron chi connectivity index (χ3n) is 2.21. The van der Waals surface area contributed by atoms with Gasteiger partial charge in [0, 0.05) is 0 Å². The summed E-state index contributed by atoms with van der Waals surface area (Å²) in [4.78, 5) is 11.4. The molecule has 0 aliphatic carbocycles. The fraction of sp³-hybridized carbons (Fsp3) is 0.909. The average molecular weight is 186 g/mol. The maximum atomic E-state index is 11.4. The normalized spacial score (nSPS) is 13.0. The number of hydrogen-bond acceptors (Lipinski definition) is 2. The van der Waals surface area contributed by atoms with Gasteiger partial charge in [-0.2, -0.15) is 0 Å². The van der Waals surface area contributed by atoms with E-state index in [2.05, 4.69) is 13.8 Å². The lowest BCUT2D eigenvalue weighted by atomic mass is 9.96. The Labute approximate surface area is 81.7 Å². The van der Waals surface area contributed by atoms with Crippen LogP contribution in [0.1, 0.15) is 47.0 Å². The second kappa shape index (κ2) is 6.93. The predicted molar refractivity (Wildman–Crippen MR) is 54.5 cm³/mol. The minimum Gasteiger partial charge on any atom is -0.466 e. The quantitative estimate of drug-likeness (QED) is 0.596. The van der Waals surface area contributed by atoms with Crippen LogP contribution in [0.4, 0.5) is 0 Å². The van der Waals surface area contributed by atoms with E-state index in [1.807, 2.05) is 13.8 Å². The van der Waals surface area contributed by atoms with Gasteiger partial charge in [0.15, 0.2) is 0 Å². The number of esters is 1. The van der Waals surface area contributed by atoms with E-state index >= 15 is 0 Å². The average Bonchev–Trinajstić information content (AvgIpc) is 2.05. The number of rotatable bonds is 6. The first-order valence-electron chi connectivity index (χ1n) is 5.28. The molecule has 0 aromatic carbocycles. The largest absolute Gasteiger partial charge is 0.466 e. The lowest BCUT2D eigenvalue weighted by Crippen LogP contribution is -2.17. The summed E-state index contributed by atoms with van der Waals surface area (Å²) >= 11 is 0. The maximum Gasteiger partial charge on any atom is 0.308 e. The summed E-state index contributed by atoms with van der Waals surface area (Å²) in [6, 6.07) is 0. The summed E-state index contributed by atoms with van der Waals surface area (Å²) in [5, 5.41) is 0. The Morgan fingerprint density at radius 3 is 2.23 bits per heavy atom. The topological polar surface area (TPSA) is 26.3 Å². The zero-order valence-electron chi connectivity index (χ0n) is 9.30. The van der Waals surface area contributed by atoms with Crippen LogP contribution in [0.2, 0.25) is 0 Å². The molecule has 1 unspecified atom stereocenters. The van der Waals surface area contributed by atoms with E-state index in [1.54, 1.807) is 0 Å². The van der Waals surface area contributed by atoms with Crippen LogP contribution in [0.3, 0.4) is 0 Å². The molecule has 0 N–H and O–H groups in total. The predicted octanol–water partition coefficient (Wildman–Crippen LogP) is 3.01. The first kappa shape index (κ1) is 12.5. The molecule has 0 saturated carbocycles. The van der Waals surface area contributed by atoms with Crippen molar-refractivity contribution in [1.29, 1.82) is 0 Å². The van der Waals surface area contributed by atoms with Crippen molar-refractivity contribution in [2.75, 3.05) is 6.61 Å². The lowest BCUT2D eigenvalue weighted by Gasteiger charge is -2.14. The Kier molecular flexibility index (Phi) is 6.65. The number of ether oxygens (including phenoxy) is 1. The molecule has 0 fully saturated rings. The molecule has 0 radical (unpaired) electrons. The van der Waals surface area contributed by atoms with Gasteiger partial charge < -0.3 is 4.74 Å². The van der Waals surface area contributed by atoms with Gasteiger partial charge in [0.25, 0.3) is 0 Å². The van der Waals surface area contributed by atoms with E-state index in [0.29, 0.717) is 12.5 Å². The van der Waals surface area contributed by atoms with Gasteiger partial charge in [-0.25, -0.2) is 0 Å². The van der Waals surface area contributed by atoms with E-state index in [1.165, 1.54) is 0 Å². The standard InChI is InChI=1S/C11H22O2/c1-5-10(8-7-9(3)4)11(12)13-6-2/h9-10H,5-8H2,1-4H3. The van der Waals surface area contributed by atoms with Crippen LogP contribution >= 0.6 is 0 Å². The summed E-state index contributed by atoms with van der Waals surface area (Å²) in [5.41, 5.74) is 0. The molecule has 78 valence electrons. The highest BCUT2D eigenvalue weighted by Gasteiger charge is 2.17.